The molecule has 0 bridgehead atoms. The molecule has 3 rings (SSSR count). The van der Waals surface area contributed by atoms with E-state index in [1.165, 1.54) is 0 Å². The fraction of sp³-hybridized carbons (Fsp3) is 0.263. The number of benzene rings is 2. The fourth-order valence-corrected chi connectivity index (χ4v) is 2.98. The van der Waals surface area contributed by atoms with E-state index in [9.17, 15) is 9.59 Å². The Kier molecular flexibility index (Phi) is 4.61. The van der Waals surface area contributed by atoms with Gasteiger partial charge in [0.15, 0.2) is 0 Å². The average molecular weight is 338 g/mol. The highest BCUT2D eigenvalue weighted by Gasteiger charge is 2.15. The minimum Gasteiger partial charge on any atom is -0.370 e. The molecule has 3 aromatic rings. The van der Waals surface area contributed by atoms with Crippen LogP contribution in [0, 0.1) is 6.92 Å². The highest BCUT2D eigenvalue weighted by atomic mass is 16.2. The maximum atomic E-state index is 12.6. The average Bonchev–Trinajstić information content (AvgIpc) is 2.95. The molecule has 0 aliphatic carbocycles. The van der Waals surface area contributed by atoms with Gasteiger partial charge in [-0.25, -0.2) is 4.79 Å². The third kappa shape index (κ3) is 3.42. The Labute approximate surface area is 145 Å². The molecule has 1 amide bonds. The summed E-state index contributed by atoms with van der Waals surface area (Å²) < 4.78 is 0. The first-order valence-corrected chi connectivity index (χ1v) is 8.40. The molecule has 0 unspecified atom stereocenters. The van der Waals surface area contributed by atoms with Gasteiger partial charge in [0, 0.05) is 18.7 Å². The van der Waals surface area contributed by atoms with Gasteiger partial charge in [0.2, 0.25) is 0 Å². The Morgan fingerprint density at radius 2 is 1.76 bits per heavy atom. The van der Waals surface area contributed by atoms with E-state index in [-0.39, 0.29) is 11.6 Å². The molecule has 1 aromatic heterocycles. The number of aromatic amines is 2. The Morgan fingerprint density at radius 1 is 1.08 bits per heavy atom. The van der Waals surface area contributed by atoms with E-state index in [1.807, 2.05) is 31.2 Å². The monoisotopic (exact) mass is 338 g/mol. The van der Waals surface area contributed by atoms with Crippen molar-refractivity contribution in [2.45, 2.75) is 20.8 Å². The maximum absolute atomic E-state index is 12.6. The summed E-state index contributed by atoms with van der Waals surface area (Å²) in [6, 6.07) is 11.1. The van der Waals surface area contributed by atoms with Crippen LogP contribution in [0.1, 0.15) is 29.8 Å². The van der Waals surface area contributed by atoms with E-state index >= 15 is 0 Å². The van der Waals surface area contributed by atoms with Gasteiger partial charge in [-0.15, -0.1) is 0 Å². The van der Waals surface area contributed by atoms with Crippen LogP contribution in [-0.4, -0.2) is 29.0 Å². The number of aryl methyl sites for hydroxylation is 1. The predicted octanol–water partition coefficient (Wildman–Crippen LogP) is 3.26. The number of carbonyl (C=O) groups excluding carboxylic acids is 1. The SMILES string of the molecule is CCN(CC)c1cc2[nH]c(=O)[nH]c2cc1NC(=O)c1cccc(C)c1. The van der Waals surface area contributed by atoms with Crippen LogP contribution >= 0.6 is 0 Å². The largest absolute Gasteiger partial charge is 0.370 e. The normalized spacial score (nSPS) is 10.8. The molecule has 25 heavy (non-hydrogen) atoms. The van der Waals surface area contributed by atoms with E-state index in [0.29, 0.717) is 16.8 Å². The molecular weight excluding hydrogens is 316 g/mol. The Bertz CT molecular complexity index is 967. The first-order valence-electron chi connectivity index (χ1n) is 8.40. The van der Waals surface area contributed by atoms with Crippen LogP contribution in [0.5, 0.6) is 0 Å². The number of nitrogens with zero attached hydrogens (tertiary/aromatic N) is 1. The zero-order valence-corrected chi connectivity index (χ0v) is 14.6. The Balaban J connectivity index is 2.04. The number of nitrogens with one attached hydrogen (secondary N) is 3. The van der Waals surface area contributed by atoms with E-state index in [0.717, 1.165) is 29.9 Å². The number of rotatable bonds is 5. The third-order valence-corrected chi connectivity index (χ3v) is 4.26. The molecule has 130 valence electrons. The van der Waals surface area contributed by atoms with Crippen LogP contribution in [0.15, 0.2) is 41.2 Å². The number of carbonyl (C=O) groups is 1. The summed E-state index contributed by atoms with van der Waals surface area (Å²) in [5.74, 6) is -0.172. The van der Waals surface area contributed by atoms with Gasteiger partial charge in [0.1, 0.15) is 0 Å². The maximum Gasteiger partial charge on any atom is 0.323 e. The molecule has 0 fully saturated rings. The molecule has 0 aliphatic heterocycles. The van der Waals surface area contributed by atoms with Crippen molar-refractivity contribution in [3.63, 3.8) is 0 Å². The van der Waals surface area contributed by atoms with E-state index in [4.69, 9.17) is 0 Å². The number of H-pyrrole nitrogens is 2. The lowest BCUT2D eigenvalue weighted by atomic mass is 10.1. The summed E-state index contributed by atoms with van der Waals surface area (Å²) >= 11 is 0. The smallest absolute Gasteiger partial charge is 0.323 e. The van der Waals surface area contributed by atoms with Crippen molar-refractivity contribution in [2.24, 2.45) is 0 Å². The molecule has 0 saturated heterocycles. The first kappa shape index (κ1) is 16.8. The van der Waals surface area contributed by atoms with Gasteiger partial charge in [-0.05, 0) is 45.0 Å². The fourth-order valence-electron chi connectivity index (χ4n) is 2.98. The molecule has 0 atom stereocenters. The van der Waals surface area contributed by atoms with Gasteiger partial charge in [0.05, 0.1) is 22.4 Å². The second kappa shape index (κ2) is 6.84. The van der Waals surface area contributed by atoms with E-state index in [2.05, 4.69) is 34.0 Å². The Morgan fingerprint density at radius 3 is 2.40 bits per heavy atom. The van der Waals surface area contributed by atoms with Gasteiger partial charge in [-0.1, -0.05) is 17.7 Å². The summed E-state index contributed by atoms with van der Waals surface area (Å²) in [4.78, 5) is 31.9. The van der Waals surface area contributed by atoms with Crippen molar-refractivity contribution in [3.8, 4) is 0 Å². The number of imidazole rings is 1. The molecular formula is C19H22N4O2. The zero-order valence-electron chi connectivity index (χ0n) is 14.6. The van der Waals surface area contributed by atoms with E-state index in [1.54, 1.807) is 12.1 Å². The lowest BCUT2D eigenvalue weighted by Crippen LogP contribution is -2.24. The van der Waals surface area contributed by atoms with Crippen molar-refractivity contribution in [2.75, 3.05) is 23.3 Å². The van der Waals surface area contributed by atoms with Crippen LogP contribution in [0.2, 0.25) is 0 Å². The van der Waals surface area contributed by atoms with Gasteiger partial charge < -0.3 is 20.2 Å². The van der Waals surface area contributed by atoms with Gasteiger partial charge in [-0.2, -0.15) is 0 Å². The number of amides is 1. The molecule has 0 saturated carbocycles. The topological polar surface area (TPSA) is 81.0 Å². The van der Waals surface area contributed by atoms with Crippen LogP contribution < -0.4 is 15.9 Å². The first-order chi connectivity index (χ1) is 12.0. The van der Waals surface area contributed by atoms with Crippen LogP contribution in [0.3, 0.4) is 0 Å². The summed E-state index contributed by atoms with van der Waals surface area (Å²) in [5.41, 5.74) is 4.32. The highest BCUT2D eigenvalue weighted by molar-refractivity contribution is 6.07. The van der Waals surface area contributed by atoms with Crippen molar-refractivity contribution >= 4 is 28.3 Å². The number of fused-ring (bicyclic) bond motifs is 1. The Hall–Kier alpha value is -3.02. The molecule has 2 aromatic carbocycles. The highest BCUT2D eigenvalue weighted by Crippen LogP contribution is 2.30. The quantitative estimate of drug-likeness (QED) is 0.668. The standard InChI is InChI=1S/C19H22N4O2/c1-4-23(5-2)17-11-15-14(21-19(25)22-15)10-16(17)20-18(24)13-8-6-7-12(3)9-13/h6-11H,4-5H2,1-3H3,(H,20,24)(H2,21,22,25). The molecule has 1 heterocycles. The molecule has 6 nitrogen and oxygen atoms in total. The second-order valence-electron chi connectivity index (χ2n) is 5.99. The molecule has 0 radical (unpaired) electrons. The molecule has 0 aliphatic rings. The molecule has 3 N–H and O–H groups in total. The lowest BCUT2D eigenvalue weighted by molar-refractivity contribution is 0.102. The number of hydrogen-bond donors (Lipinski definition) is 3. The van der Waals surface area contributed by atoms with Crippen LogP contribution in [-0.2, 0) is 0 Å². The zero-order chi connectivity index (χ0) is 18.0. The predicted molar refractivity (Wildman–Crippen MR) is 102 cm³/mol. The van der Waals surface area contributed by atoms with Crippen LogP contribution in [0.4, 0.5) is 11.4 Å². The van der Waals surface area contributed by atoms with E-state index < -0.39 is 0 Å². The lowest BCUT2D eigenvalue weighted by Gasteiger charge is -2.24. The van der Waals surface area contributed by atoms with Crippen molar-refractivity contribution < 1.29 is 4.79 Å². The molecule has 6 heteroatoms. The molecule has 0 spiro atoms. The minimum absolute atomic E-state index is 0.172. The summed E-state index contributed by atoms with van der Waals surface area (Å²) in [6.45, 7) is 7.65. The minimum atomic E-state index is -0.261. The van der Waals surface area contributed by atoms with Gasteiger partial charge in [-0.3, -0.25) is 4.79 Å². The summed E-state index contributed by atoms with van der Waals surface area (Å²) in [7, 11) is 0. The van der Waals surface area contributed by atoms with Crippen molar-refractivity contribution in [3.05, 3.63) is 58.0 Å². The number of anilines is 2. The number of hydrogen-bond acceptors (Lipinski definition) is 3. The third-order valence-electron chi connectivity index (χ3n) is 4.26. The number of aromatic nitrogens is 2. The second-order valence-corrected chi connectivity index (χ2v) is 5.99. The van der Waals surface area contributed by atoms with Gasteiger partial charge >= 0.3 is 5.69 Å². The van der Waals surface area contributed by atoms with Crippen LogP contribution in [0.25, 0.3) is 11.0 Å². The summed E-state index contributed by atoms with van der Waals surface area (Å²) in [5, 5.41) is 2.99. The van der Waals surface area contributed by atoms with Crippen molar-refractivity contribution in [1.82, 2.24) is 9.97 Å². The summed E-state index contributed by atoms with van der Waals surface area (Å²) in [6.07, 6.45) is 0. The van der Waals surface area contributed by atoms with Gasteiger partial charge in [0.25, 0.3) is 5.91 Å². The van der Waals surface area contributed by atoms with Crippen molar-refractivity contribution in [1.29, 1.82) is 0 Å².